The third-order valence-electron chi connectivity index (χ3n) is 6.28. The van der Waals surface area contributed by atoms with Gasteiger partial charge in [0, 0.05) is 11.3 Å². The van der Waals surface area contributed by atoms with Gasteiger partial charge in [0.2, 0.25) is 5.91 Å². The van der Waals surface area contributed by atoms with Crippen LogP contribution in [0.3, 0.4) is 0 Å². The molecule has 1 fully saturated rings. The van der Waals surface area contributed by atoms with Gasteiger partial charge in [-0.25, -0.2) is 8.42 Å². The number of thiol groups is 1. The average Bonchev–Trinajstić information content (AvgIpc) is 2.74. The Balaban J connectivity index is 1.75. The van der Waals surface area contributed by atoms with Gasteiger partial charge in [0.15, 0.2) is 0 Å². The lowest BCUT2D eigenvalue weighted by Crippen LogP contribution is -2.56. The Morgan fingerprint density at radius 2 is 1.53 bits per heavy atom. The first-order valence-corrected chi connectivity index (χ1v) is 12.4. The summed E-state index contributed by atoms with van der Waals surface area (Å²) in [5.41, 5.74) is -4.51. The molecule has 0 aliphatic heterocycles. The second kappa shape index (κ2) is 10.8. The monoisotopic (exact) mass is 537 g/mol. The van der Waals surface area contributed by atoms with Crippen LogP contribution in [0.5, 0.6) is 0 Å². The predicted molar refractivity (Wildman–Crippen MR) is 121 cm³/mol. The number of alkyl halides is 6. The number of amides is 1. The standard InChI is InChI=1S/C24H25F6NO4S/c1-15(36(33)34)18-7-5-16(6-8-18)13-21(32)31-20-11-9-19(10-12-20)22(23(25,26)27,24(28,29)30)35-14-17-3-2-4-17/h5-12,15,17,36H,2-4,13-14H2,1H3,(H,31,32). The van der Waals surface area contributed by atoms with Gasteiger partial charge in [-0.3, -0.25) is 4.79 Å². The zero-order valence-corrected chi connectivity index (χ0v) is 20.1. The summed E-state index contributed by atoms with van der Waals surface area (Å²) in [7, 11) is -2.66. The molecule has 0 bridgehead atoms. The van der Waals surface area contributed by atoms with Crippen LogP contribution in [0.2, 0.25) is 0 Å². The Hall–Kier alpha value is -2.60. The van der Waals surface area contributed by atoms with Crippen molar-refractivity contribution in [2.45, 2.75) is 55.8 Å². The summed E-state index contributed by atoms with van der Waals surface area (Å²) in [5, 5.41) is 1.74. The first-order chi connectivity index (χ1) is 16.7. The lowest BCUT2D eigenvalue weighted by Gasteiger charge is -2.39. The SMILES string of the molecule is CC(c1ccc(CC(=O)Nc2ccc(C(OCC3CCC3)(C(F)(F)F)C(F)(F)F)cc2)cc1)[SH](=O)=O. The van der Waals surface area contributed by atoms with Gasteiger partial charge in [0.25, 0.3) is 5.60 Å². The van der Waals surface area contributed by atoms with Crippen molar-refractivity contribution in [2.75, 3.05) is 11.9 Å². The normalized spacial score (nSPS) is 16.0. The Labute approximate surface area is 205 Å². The number of halogens is 6. The number of benzene rings is 2. The number of ether oxygens (including phenoxy) is 1. The molecule has 1 N–H and O–H groups in total. The van der Waals surface area contributed by atoms with Crippen molar-refractivity contribution in [3.05, 3.63) is 65.2 Å². The molecule has 1 amide bonds. The van der Waals surface area contributed by atoms with E-state index in [1.165, 1.54) is 6.92 Å². The van der Waals surface area contributed by atoms with Crippen molar-refractivity contribution in [3.63, 3.8) is 0 Å². The highest BCUT2D eigenvalue weighted by Crippen LogP contribution is 2.53. The molecule has 0 radical (unpaired) electrons. The number of carbonyl (C=O) groups excluding carboxylic acids is 1. The van der Waals surface area contributed by atoms with E-state index < -0.39 is 52.0 Å². The number of anilines is 1. The second-order valence-electron chi connectivity index (χ2n) is 8.79. The second-order valence-corrected chi connectivity index (χ2v) is 10.1. The van der Waals surface area contributed by atoms with Gasteiger partial charge in [-0.2, -0.15) is 26.3 Å². The minimum Gasteiger partial charge on any atom is -0.354 e. The first-order valence-electron chi connectivity index (χ1n) is 11.1. The molecule has 2 aromatic carbocycles. The highest BCUT2D eigenvalue weighted by Gasteiger charge is 2.73. The average molecular weight is 538 g/mol. The fourth-order valence-corrected chi connectivity index (χ4v) is 4.27. The number of hydrogen-bond acceptors (Lipinski definition) is 4. The molecule has 5 nitrogen and oxygen atoms in total. The molecule has 1 saturated carbocycles. The van der Waals surface area contributed by atoms with Crippen LogP contribution in [0.4, 0.5) is 32.0 Å². The summed E-state index contributed by atoms with van der Waals surface area (Å²) in [5.74, 6) is -0.912. The van der Waals surface area contributed by atoms with Gasteiger partial charge in [-0.15, -0.1) is 0 Å². The smallest absolute Gasteiger partial charge is 0.354 e. The van der Waals surface area contributed by atoms with Crippen molar-refractivity contribution in [1.82, 2.24) is 0 Å². The highest BCUT2D eigenvalue weighted by atomic mass is 32.2. The zero-order chi connectivity index (χ0) is 26.7. The van der Waals surface area contributed by atoms with Crippen LogP contribution < -0.4 is 5.32 Å². The zero-order valence-electron chi connectivity index (χ0n) is 19.2. The lowest BCUT2D eigenvalue weighted by atomic mass is 9.85. The molecule has 36 heavy (non-hydrogen) atoms. The molecule has 2 aromatic rings. The van der Waals surface area contributed by atoms with E-state index >= 15 is 0 Å². The number of nitrogens with one attached hydrogen (secondary N) is 1. The molecule has 0 spiro atoms. The molecule has 1 unspecified atom stereocenters. The Kier molecular flexibility index (Phi) is 8.39. The maximum Gasteiger partial charge on any atom is 0.430 e. The van der Waals surface area contributed by atoms with Crippen LogP contribution in [0.25, 0.3) is 0 Å². The largest absolute Gasteiger partial charge is 0.430 e. The summed E-state index contributed by atoms with van der Waals surface area (Å²) >= 11 is 0. The summed E-state index contributed by atoms with van der Waals surface area (Å²) in [6.07, 6.45) is -9.91. The van der Waals surface area contributed by atoms with Crippen LogP contribution >= 0.6 is 0 Å². The molecular weight excluding hydrogens is 512 g/mol. The van der Waals surface area contributed by atoms with E-state index in [4.69, 9.17) is 0 Å². The number of rotatable bonds is 9. The van der Waals surface area contributed by atoms with Crippen molar-refractivity contribution >= 4 is 22.3 Å². The topological polar surface area (TPSA) is 72.5 Å². The summed E-state index contributed by atoms with van der Waals surface area (Å²) in [6.45, 7) is 0.849. The van der Waals surface area contributed by atoms with Gasteiger partial charge < -0.3 is 10.1 Å². The third-order valence-corrected chi connectivity index (χ3v) is 7.21. The van der Waals surface area contributed by atoms with Crippen molar-refractivity contribution < 1.29 is 44.3 Å². The molecule has 198 valence electrons. The van der Waals surface area contributed by atoms with Crippen LogP contribution in [0.1, 0.15) is 48.1 Å². The van der Waals surface area contributed by atoms with E-state index in [0.717, 1.165) is 18.6 Å². The van der Waals surface area contributed by atoms with E-state index in [0.29, 0.717) is 36.1 Å². The lowest BCUT2D eigenvalue weighted by molar-refractivity contribution is -0.392. The maximum atomic E-state index is 13.9. The number of hydrogen-bond donors (Lipinski definition) is 2. The Bertz CT molecular complexity index is 1100. The maximum absolute atomic E-state index is 13.9. The molecule has 1 atom stereocenters. The van der Waals surface area contributed by atoms with E-state index in [2.05, 4.69) is 10.1 Å². The predicted octanol–water partition coefficient (Wildman–Crippen LogP) is 5.68. The fraction of sp³-hybridized carbons (Fsp3) is 0.458. The van der Waals surface area contributed by atoms with E-state index in [9.17, 15) is 39.6 Å². The van der Waals surface area contributed by atoms with Gasteiger partial charge in [0.1, 0.15) is 10.7 Å². The minimum absolute atomic E-state index is 0.00888. The van der Waals surface area contributed by atoms with Crippen molar-refractivity contribution in [1.29, 1.82) is 0 Å². The number of carbonyl (C=O) groups is 1. The third kappa shape index (κ3) is 6.03. The highest BCUT2D eigenvalue weighted by molar-refractivity contribution is 7.72. The van der Waals surface area contributed by atoms with Crippen LogP contribution in [-0.4, -0.2) is 33.3 Å². The molecular formula is C24H25F6NO4S. The summed E-state index contributed by atoms with van der Waals surface area (Å²) < 4.78 is 110. The molecule has 3 rings (SSSR count). The molecule has 1 aliphatic rings. The molecule has 1 aliphatic carbocycles. The molecule has 12 heteroatoms. The summed E-state index contributed by atoms with van der Waals surface area (Å²) in [6, 6.07) is 9.47. The van der Waals surface area contributed by atoms with Crippen LogP contribution in [-0.2, 0) is 32.3 Å². The molecule has 0 heterocycles. The van der Waals surface area contributed by atoms with Crippen molar-refractivity contribution in [2.24, 2.45) is 5.92 Å². The molecule has 0 saturated heterocycles. The van der Waals surface area contributed by atoms with Gasteiger partial charge in [-0.1, -0.05) is 42.8 Å². The van der Waals surface area contributed by atoms with E-state index in [1.807, 2.05) is 0 Å². The van der Waals surface area contributed by atoms with Crippen LogP contribution in [0, 0.1) is 5.92 Å². The Morgan fingerprint density at radius 3 is 1.97 bits per heavy atom. The minimum atomic E-state index is -5.76. The van der Waals surface area contributed by atoms with E-state index in [1.54, 1.807) is 24.3 Å². The quantitative estimate of drug-likeness (QED) is 0.319. The molecule has 0 aromatic heterocycles. The van der Waals surface area contributed by atoms with E-state index in [-0.39, 0.29) is 18.0 Å². The fourth-order valence-electron chi connectivity index (χ4n) is 3.85. The van der Waals surface area contributed by atoms with Crippen LogP contribution in [0.15, 0.2) is 48.5 Å². The van der Waals surface area contributed by atoms with Gasteiger partial charge in [-0.05, 0) is 48.9 Å². The van der Waals surface area contributed by atoms with Gasteiger partial charge in [0.05, 0.1) is 18.3 Å². The summed E-state index contributed by atoms with van der Waals surface area (Å²) in [4.78, 5) is 12.3. The van der Waals surface area contributed by atoms with Crippen molar-refractivity contribution in [3.8, 4) is 0 Å². The Morgan fingerprint density at radius 1 is 0.972 bits per heavy atom. The van der Waals surface area contributed by atoms with Gasteiger partial charge >= 0.3 is 12.4 Å². The first kappa shape index (κ1) is 28.0.